The minimum absolute atomic E-state index is 0. The van der Waals surface area contributed by atoms with Gasteiger partial charge in [0.15, 0.2) is 4.67 Å². The lowest BCUT2D eigenvalue weighted by Gasteiger charge is -2.08. The first-order chi connectivity index (χ1) is 7.25. The molecule has 1 saturated heterocycles. The Morgan fingerprint density at radius 1 is 1.69 bits per heavy atom. The molecule has 0 saturated carbocycles. The van der Waals surface area contributed by atoms with Crippen LogP contribution in [0.4, 0.5) is 0 Å². The third-order valence-electron chi connectivity index (χ3n) is 2.54. The minimum atomic E-state index is -0.0728. The largest absolute Gasteiger partial charge is 0.457 e. The van der Waals surface area contributed by atoms with Crippen LogP contribution < -0.4 is 10.6 Å². The van der Waals surface area contributed by atoms with E-state index < -0.39 is 0 Å². The summed E-state index contributed by atoms with van der Waals surface area (Å²) in [6.45, 7) is 2.78. The number of hydrogen-bond donors (Lipinski definition) is 2. The summed E-state index contributed by atoms with van der Waals surface area (Å²) < 4.78 is 5.58. The van der Waals surface area contributed by atoms with Crippen LogP contribution in [0.15, 0.2) is 21.4 Å². The monoisotopic (exact) mass is 308 g/mol. The van der Waals surface area contributed by atoms with E-state index in [0.29, 0.717) is 16.2 Å². The molecule has 1 aliphatic heterocycles. The molecule has 1 unspecified atom stereocenters. The molecule has 6 heteroatoms. The van der Waals surface area contributed by atoms with Gasteiger partial charge in [-0.05, 0) is 41.4 Å². The first kappa shape index (κ1) is 13.5. The molecule has 2 heterocycles. The lowest BCUT2D eigenvalue weighted by molar-refractivity contribution is 0.0947. The molecule has 0 radical (unpaired) electrons. The van der Waals surface area contributed by atoms with Gasteiger partial charge in [-0.25, -0.2) is 0 Å². The highest BCUT2D eigenvalue weighted by Crippen LogP contribution is 2.14. The number of carbonyl (C=O) groups excluding carboxylic acids is 1. The molecule has 4 nitrogen and oxygen atoms in total. The van der Waals surface area contributed by atoms with E-state index in [-0.39, 0.29) is 18.3 Å². The van der Waals surface area contributed by atoms with E-state index in [4.69, 9.17) is 4.42 Å². The lowest BCUT2D eigenvalue weighted by atomic mass is 10.1. The maximum absolute atomic E-state index is 11.6. The average molecular weight is 310 g/mol. The highest BCUT2D eigenvalue weighted by Gasteiger charge is 2.16. The highest BCUT2D eigenvalue weighted by atomic mass is 79.9. The van der Waals surface area contributed by atoms with Crippen LogP contribution in [-0.4, -0.2) is 25.5 Å². The number of furan rings is 1. The van der Waals surface area contributed by atoms with Crippen molar-refractivity contribution in [2.24, 2.45) is 5.92 Å². The summed E-state index contributed by atoms with van der Waals surface area (Å²) in [5, 5.41) is 6.16. The van der Waals surface area contributed by atoms with Gasteiger partial charge in [-0.15, -0.1) is 12.4 Å². The molecule has 1 aromatic heterocycles. The Morgan fingerprint density at radius 3 is 3.06 bits per heavy atom. The minimum Gasteiger partial charge on any atom is -0.457 e. The first-order valence-electron chi connectivity index (χ1n) is 4.98. The zero-order valence-corrected chi connectivity index (χ0v) is 11.1. The second-order valence-corrected chi connectivity index (χ2v) is 4.49. The summed E-state index contributed by atoms with van der Waals surface area (Å²) in [6.07, 6.45) is 2.58. The van der Waals surface area contributed by atoms with Gasteiger partial charge in [0.05, 0.1) is 5.56 Å². The van der Waals surface area contributed by atoms with Gasteiger partial charge in [-0.1, -0.05) is 0 Å². The molecule has 1 fully saturated rings. The van der Waals surface area contributed by atoms with Crippen molar-refractivity contribution in [2.45, 2.75) is 6.42 Å². The van der Waals surface area contributed by atoms with Crippen LogP contribution in [0, 0.1) is 5.92 Å². The second kappa shape index (κ2) is 6.27. The molecular formula is C10H14BrClN2O2. The van der Waals surface area contributed by atoms with E-state index >= 15 is 0 Å². The van der Waals surface area contributed by atoms with Crippen LogP contribution in [0.2, 0.25) is 0 Å². The van der Waals surface area contributed by atoms with Crippen molar-refractivity contribution in [1.29, 1.82) is 0 Å². The summed E-state index contributed by atoms with van der Waals surface area (Å²) in [5.74, 6) is 0.487. The maximum atomic E-state index is 11.6. The molecule has 90 valence electrons. The van der Waals surface area contributed by atoms with Gasteiger partial charge in [0.2, 0.25) is 0 Å². The van der Waals surface area contributed by atoms with Gasteiger partial charge in [-0.3, -0.25) is 4.79 Å². The molecule has 1 aliphatic rings. The van der Waals surface area contributed by atoms with E-state index in [2.05, 4.69) is 26.6 Å². The standard InChI is InChI=1S/C10H13BrN2O2.ClH/c11-9-3-8(6-15-9)10(14)13-5-7-1-2-12-4-7;/h3,6-7,12H,1-2,4-5H2,(H,13,14);1H. The van der Waals surface area contributed by atoms with Crippen LogP contribution >= 0.6 is 28.3 Å². The van der Waals surface area contributed by atoms with E-state index in [1.54, 1.807) is 6.07 Å². The van der Waals surface area contributed by atoms with Crippen molar-refractivity contribution in [1.82, 2.24) is 10.6 Å². The number of nitrogens with one attached hydrogen (secondary N) is 2. The fourth-order valence-corrected chi connectivity index (χ4v) is 2.00. The van der Waals surface area contributed by atoms with Gasteiger partial charge < -0.3 is 15.1 Å². The Morgan fingerprint density at radius 2 is 2.50 bits per heavy atom. The third kappa shape index (κ3) is 3.50. The molecule has 0 spiro atoms. The molecule has 2 N–H and O–H groups in total. The van der Waals surface area contributed by atoms with Gasteiger partial charge in [0, 0.05) is 12.6 Å². The summed E-state index contributed by atoms with van der Waals surface area (Å²) in [4.78, 5) is 11.6. The Hall–Kier alpha value is -0.520. The molecule has 1 aromatic rings. The fourth-order valence-electron chi connectivity index (χ4n) is 1.66. The normalized spacial score (nSPS) is 19.2. The van der Waals surface area contributed by atoms with E-state index in [9.17, 15) is 4.79 Å². The zero-order valence-electron chi connectivity index (χ0n) is 8.66. The highest BCUT2D eigenvalue weighted by molar-refractivity contribution is 9.10. The van der Waals surface area contributed by atoms with Crippen molar-refractivity contribution in [2.75, 3.05) is 19.6 Å². The topological polar surface area (TPSA) is 54.3 Å². The number of carbonyl (C=O) groups is 1. The Bertz CT molecular complexity index is 350. The predicted octanol–water partition coefficient (Wildman–Crippen LogP) is 1.80. The number of hydrogen-bond acceptors (Lipinski definition) is 3. The maximum Gasteiger partial charge on any atom is 0.254 e. The second-order valence-electron chi connectivity index (χ2n) is 3.71. The van der Waals surface area contributed by atoms with E-state index in [0.717, 1.165) is 26.1 Å². The molecule has 1 amide bonds. The van der Waals surface area contributed by atoms with Gasteiger partial charge in [0.1, 0.15) is 6.26 Å². The Kier molecular flexibility index (Phi) is 5.31. The summed E-state index contributed by atoms with van der Waals surface area (Å²) in [6, 6.07) is 1.67. The summed E-state index contributed by atoms with van der Waals surface area (Å²) >= 11 is 3.16. The molecule has 0 aromatic carbocycles. The van der Waals surface area contributed by atoms with E-state index in [1.165, 1.54) is 6.26 Å². The first-order valence-corrected chi connectivity index (χ1v) is 5.78. The van der Waals surface area contributed by atoms with Crippen LogP contribution in [-0.2, 0) is 0 Å². The van der Waals surface area contributed by atoms with Crippen molar-refractivity contribution in [3.63, 3.8) is 0 Å². The van der Waals surface area contributed by atoms with E-state index in [1.807, 2.05) is 0 Å². The summed E-state index contributed by atoms with van der Waals surface area (Å²) in [7, 11) is 0. The quantitative estimate of drug-likeness (QED) is 0.895. The zero-order chi connectivity index (χ0) is 10.7. The molecule has 16 heavy (non-hydrogen) atoms. The molecular weight excluding hydrogens is 295 g/mol. The fraction of sp³-hybridized carbons (Fsp3) is 0.500. The van der Waals surface area contributed by atoms with Gasteiger partial charge in [-0.2, -0.15) is 0 Å². The average Bonchev–Trinajstić information content (AvgIpc) is 2.84. The van der Waals surface area contributed by atoms with Crippen LogP contribution in [0.5, 0.6) is 0 Å². The smallest absolute Gasteiger partial charge is 0.254 e. The Labute approximate surface area is 109 Å². The number of halogens is 2. The van der Waals surface area contributed by atoms with Crippen molar-refractivity contribution in [3.8, 4) is 0 Å². The molecule has 2 rings (SSSR count). The molecule has 0 bridgehead atoms. The predicted molar refractivity (Wildman–Crippen MR) is 67.0 cm³/mol. The van der Waals surface area contributed by atoms with Crippen LogP contribution in [0.3, 0.4) is 0 Å². The molecule has 1 atom stereocenters. The van der Waals surface area contributed by atoms with Crippen molar-refractivity contribution >= 4 is 34.2 Å². The Balaban J connectivity index is 0.00000128. The number of amides is 1. The van der Waals surface area contributed by atoms with Crippen LogP contribution in [0.25, 0.3) is 0 Å². The third-order valence-corrected chi connectivity index (χ3v) is 2.96. The van der Waals surface area contributed by atoms with Crippen molar-refractivity contribution in [3.05, 3.63) is 22.6 Å². The van der Waals surface area contributed by atoms with Gasteiger partial charge in [0.25, 0.3) is 5.91 Å². The van der Waals surface area contributed by atoms with Crippen LogP contribution in [0.1, 0.15) is 16.8 Å². The SMILES string of the molecule is Cl.O=C(NCC1CCNC1)c1coc(Br)c1. The summed E-state index contributed by atoms with van der Waals surface area (Å²) in [5.41, 5.74) is 0.563. The number of rotatable bonds is 3. The lowest BCUT2D eigenvalue weighted by Crippen LogP contribution is -2.29. The van der Waals surface area contributed by atoms with Crippen molar-refractivity contribution < 1.29 is 9.21 Å². The van der Waals surface area contributed by atoms with Gasteiger partial charge >= 0.3 is 0 Å². The molecule has 0 aliphatic carbocycles.